The number of nitrogens with zero attached hydrogens (tertiary/aromatic N) is 4. The van der Waals surface area contributed by atoms with Gasteiger partial charge in [-0.15, -0.1) is 0 Å². The lowest BCUT2D eigenvalue weighted by molar-refractivity contribution is -0.142. The van der Waals surface area contributed by atoms with E-state index in [-0.39, 0.29) is 5.92 Å². The van der Waals surface area contributed by atoms with Crippen LogP contribution in [-0.4, -0.2) is 34.1 Å². The first kappa shape index (κ1) is 15.1. The van der Waals surface area contributed by atoms with Gasteiger partial charge in [0.05, 0.1) is 28.8 Å². The SMILES string of the molecule is N#Cc1cccc(-c2nc(N3CC(C(=O)O)C3)cc3cccnc23)c1. The van der Waals surface area contributed by atoms with Crippen LogP contribution in [0.5, 0.6) is 0 Å². The molecule has 0 aliphatic carbocycles. The molecule has 1 fully saturated rings. The summed E-state index contributed by atoms with van der Waals surface area (Å²) in [7, 11) is 0. The van der Waals surface area contributed by atoms with Crippen LogP contribution < -0.4 is 4.90 Å². The highest BCUT2D eigenvalue weighted by Gasteiger charge is 2.33. The maximum atomic E-state index is 11.0. The van der Waals surface area contributed by atoms with Crippen molar-refractivity contribution >= 4 is 22.7 Å². The zero-order valence-electron chi connectivity index (χ0n) is 13.3. The number of pyridine rings is 2. The summed E-state index contributed by atoms with van der Waals surface area (Å²) < 4.78 is 0. The fraction of sp³-hybridized carbons (Fsp3) is 0.158. The van der Waals surface area contributed by atoms with E-state index in [0.29, 0.717) is 24.3 Å². The smallest absolute Gasteiger partial charge is 0.310 e. The fourth-order valence-electron chi connectivity index (χ4n) is 2.99. The molecule has 122 valence electrons. The number of nitriles is 1. The van der Waals surface area contributed by atoms with Crippen LogP contribution in [0, 0.1) is 17.2 Å². The van der Waals surface area contributed by atoms with E-state index in [4.69, 9.17) is 15.4 Å². The van der Waals surface area contributed by atoms with Crippen molar-refractivity contribution in [3.05, 3.63) is 54.2 Å². The Morgan fingerprint density at radius 3 is 2.84 bits per heavy atom. The Labute approximate surface area is 144 Å². The lowest BCUT2D eigenvalue weighted by atomic mass is 10.00. The van der Waals surface area contributed by atoms with Crippen LogP contribution in [0.25, 0.3) is 22.2 Å². The maximum absolute atomic E-state index is 11.0. The number of carboxylic acid groups (broad SMARTS) is 1. The van der Waals surface area contributed by atoms with Gasteiger partial charge in [-0.2, -0.15) is 5.26 Å². The minimum absolute atomic E-state index is 0.350. The Bertz CT molecular complexity index is 1020. The molecule has 0 bridgehead atoms. The lowest BCUT2D eigenvalue weighted by Crippen LogP contribution is -2.50. The van der Waals surface area contributed by atoms with E-state index < -0.39 is 5.97 Å². The second-order valence-corrected chi connectivity index (χ2v) is 6.04. The summed E-state index contributed by atoms with van der Waals surface area (Å²) in [4.78, 5) is 22.2. The maximum Gasteiger partial charge on any atom is 0.310 e. The minimum Gasteiger partial charge on any atom is -0.481 e. The molecule has 6 heteroatoms. The van der Waals surface area contributed by atoms with Crippen molar-refractivity contribution in [2.45, 2.75) is 0 Å². The van der Waals surface area contributed by atoms with Crippen LogP contribution in [0.2, 0.25) is 0 Å². The Hall–Kier alpha value is -3.46. The van der Waals surface area contributed by atoms with Crippen LogP contribution in [0.4, 0.5) is 5.82 Å². The van der Waals surface area contributed by atoms with Crippen LogP contribution >= 0.6 is 0 Å². The molecule has 0 spiro atoms. The third-order valence-corrected chi connectivity index (χ3v) is 4.39. The van der Waals surface area contributed by atoms with Crippen LogP contribution in [0.3, 0.4) is 0 Å². The molecule has 1 aliphatic heterocycles. The first-order valence-corrected chi connectivity index (χ1v) is 7.90. The van der Waals surface area contributed by atoms with Gasteiger partial charge in [0.15, 0.2) is 0 Å². The van der Waals surface area contributed by atoms with Crippen molar-refractivity contribution in [2.75, 3.05) is 18.0 Å². The topological polar surface area (TPSA) is 90.1 Å². The van der Waals surface area contributed by atoms with Crippen molar-refractivity contribution < 1.29 is 9.90 Å². The van der Waals surface area contributed by atoms with Crippen molar-refractivity contribution in [3.63, 3.8) is 0 Å². The molecular formula is C19H14N4O2. The molecule has 6 nitrogen and oxygen atoms in total. The second kappa shape index (κ2) is 5.87. The van der Waals surface area contributed by atoms with Gasteiger partial charge in [-0.05, 0) is 24.3 Å². The number of aliphatic carboxylic acids is 1. The number of fused-ring (bicyclic) bond motifs is 1. The number of anilines is 1. The number of hydrogen-bond acceptors (Lipinski definition) is 5. The van der Waals surface area contributed by atoms with Gasteiger partial charge >= 0.3 is 5.97 Å². The standard InChI is InChI=1S/C19H14N4O2/c20-9-12-3-1-4-13(7-12)18-17-14(5-2-6-21-17)8-16(22-18)23-10-15(11-23)19(24)25/h1-8,15H,10-11H2,(H,24,25). The van der Waals surface area contributed by atoms with E-state index in [1.807, 2.05) is 35.2 Å². The van der Waals surface area contributed by atoms with E-state index in [9.17, 15) is 4.79 Å². The Morgan fingerprint density at radius 2 is 2.08 bits per heavy atom. The summed E-state index contributed by atoms with van der Waals surface area (Å²) in [6.07, 6.45) is 1.71. The average Bonchev–Trinajstić information content (AvgIpc) is 2.59. The van der Waals surface area contributed by atoms with E-state index in [0.717, 1.165) is 22.3 Å². The molecule has 1 aromatic carbocycles. The van der Waals surface area contributed by atoms with Gasteiger partial charge in [0.1, 0.15) is 5.82 Å². The predicted octanol–water partition coefficient (Wildman–Crippen LogP) is 2.69. The molecule has 3 aromatic rings. The lowest BCUT2D eigenvalue weighted by Gasteiger charge is -2.37. The summed E-state index contributed by atoms with van der Waals surface area (Å²) in [5, 5.41) is 19.1. The van der Waals surface area contributed by atoms with Crippen molar-refractivity contribution in [3.8, 4) is 17.3 Å². The highest BCUT2D eigenvalue weighted by Crippen LogP contribution is 2.32. The molecule has 25 heavy (non-hydrogen) atoms. The molecule has 2 aromatic heterocycles. The Morgan fingerprint density at radius 1 is 1.24 bits per heavy atom. The number of carbonyl (C=O) groups is 1. The van der Waals surface area contributed by atoms with Gasteiger partial charge in [0, 0.05) is 30.2 Å². The van der Waals surface area contributed by atoms with Crippen molar-refractivity contribution in [2.24, 2.45) is 5.92 Å². The molecule has 4 rings (SSSR count). The number of carboxylic acids is 1. The fourth-order valence-corrected chi connectivity index (χ4v) is 2.99. The minimum atomic E-state index is -0.777. The molecule has 3 heterocycles. The molecule has 0 atom stereocenters. The molecule has 0 unspecified atom stereocenters. The molecular weight excluding hydrogens is 316 g/mol. The summed E-state index contributed by atoms with van der Waals surface area (Å²) in [6.45, 7) is 0.900. The summed E-state index contributed by atoms with van der Waals surface area (Å²) >= 11 is 0. The van der Waals surface area contributed by atoms with Crippen LogP contribution in [-0.2, 0) is 4.79 Å². The summed E-state index contributed by atoms with van der Waals surface area (Å²) in [5.41, 5.74) is 2.84. The largest absolute Gasteiger partial charge is 0.481 e. The Kier molecular flexibility index (Phi) is 3.55. The molecule has 1 saturated heterocycles. The van der Waals surface area contributed by atoms with Crippen molar-refractivity contribution in [1.82, 2.24) is 9.97 Å². The summed E-state index contributed by atoms with van der Waals surface area (Å²) in [5.74, 6) is -0.396. The first-order chi connectivity index (χ1) is 12.2. The van der Waals surface area contributed by atoms with E-state index in [2.05, 4.69) is 11.1 Å². The van der Waals surface area contributed by atoms with E-state index >= 15 is 0 Å². The van der Waals surface area contributed by atoms with Crippen molar-refractivity contribution in [1.29, 1.82) is 5.26 Å². The van der Waals surface area contributed by atoms with Gasteiger partial charge in [-0.25, -0.2) is 4.98 Å². The second-order valence-electron chi connectivity index (χ2n) is 6.04. The van der Waals surface area contributed by atoms with Gasteiger partial charge < -0.3 is 10.0 Å². The quantitative estimate of drug-likeness (QED) is 0.794. The molecule has 0 radical (unpaired) electrons. The monoisotopic (exact) mass is 330 g/mol. The number of aromatic nitrogens is 2. The van der Waals surface area contributed by atoms with Gasteiger partial charge in [0.2, 0.25) is 0 Å². The molecule has 1 aliphatic rings. The zero-order chi connectivity index (χ0) is 17.4. The Balaban J connectivity index is 1.82. The molecule has 0 saturated carbocycles. The number of benzene rings is 1. The van der Waals surface area contributed by atoms with Crippen LogP contribution in [0.15, 0.2) is 48.7 Å². The molecule has 0 amide bonds. The zero-order valence-corrected chi connectivity index (χ0v) is 13.3. The predicted molar refractivity (Wildman–Crippen MR) is 93.0 cm³/mol. The number of rotatable bonds is 3. The normalized spacial score (nSPS) is 14.1. The van der Waals surface area contributed by atoms with E-state index in [1.54, 1.807) is 18.3 Å². The van der Waals surface area contributed by atoms with E-state index in [1.165, 1.54) is 0 Å². The number of hydrogen-bond donors (Lipinski definition) is 1. The third-order valence-electron chi connectivity index (χ3n) is 4.39. The molecule has 1 N–H and O–H groups in total. The van der Waals surface area contributed by atoms with Gasteiger partial charge in [-0.1, -0.05) is 18.2 Å². The van der Waals surface area contributed by atoms with Gasteiger partial charge in [-0.3, -0.25) is 9.78 Å². The third kappa shape index (κ3) is 2.66. The average molecular weight is 330 g/mol. The highest BCUT2D eigenvalue weighted by atomic mass is 16.4. The van der Waals surface area contributed by atoms with Gasteiger partial charge in [0.25, 0.3) is 0 Å². The summed E-state index contributed by atoms with van der Waals surface area (Å²) in [6, 6.07) is 15.1. The van der Waals surface area contributed by atoms with Crippen LogP contribution in [0.1, 0.15) is 5.56 Å². The first-order valence-electron chi connectivity index (χ1n) is 7.90. The highest BCUT2D eigenvalue weighted by molar-refractivity contribution is 5.93.